The fraction of sp³-hybridized carbons (Fsp3) is 0. The first-order valence-corrected chi connectivity index (χ1v) is 9.48. The maximum absolute atomic E-state index is 13.2. The van der Waals surface area contributed by atoms with E-state index in [-0.39, 0.29) is 5.82 Å². The molecule has 0 aliphatic rings. The summed E-state index contributed by atoms with van der Waals surface area (Å²) in [5.41, 5.74) is 3.42. The number of aromatic nitrogens is 2. The summed E-state index contributed by atoms with van der Waals surface area (Å²) in [7, 11) is 0. The normalized spacial score (nSPS) is 11.3. The molecule has 0 radical (unpaired) electrons. The molecule has 0 bridgehead atoms. The van der Waals surface area contributed by atoms with Crippen molar-refractivity contribution in [1.82, 2.24) is 9.55 Å². The summed E-state index contributed by atoms with van der Waals surface area (Å²) in [4.78, 5) is 6.29. The van der Waals surface area contributed by atoms with Crippen LogP contribution < -0.4 is 0 Å². The van der Waals surface area contributed by atoms with Crippen molar-refractivity contribution in [3.63, 3.8) is 0 Å². The van der Waals surface area contributed by atoms with Crippen molar-refractivity contribution < 1.29 is 4.39 Å². The summed E-state index contributed by atoms with van der Waals surface area (Å²) in [5, 5.41) is 2.42. The Balaban J connectivity index is 1.69. The highest BCUT2D eigenvalue weighted by atomic mass is 32.2. The molecular weight excluding hydrogens is 355 g/mol. The Morgan fingerprint density at radius 1 is 0.704 bits per heavy atom. The lowest BCUT2D eigenvalue weighted by molar-refractivity contribution is 0.626. The highest BCUT2D eigenvalue weighted by Gasteiger charge is 2.12. The maximum atomic E-state index is 13.2. The van der Waals surface area contributed by atoms with E-state index in [4.69, 9.17) is 0 Å². The van der Waals surface area contributed by atoms with Crippen LogP contribution in [0, 0.1) is 5.82 Å². The molecule has 0 spiro atoms. The number of pyridine rings is 1. The number of fused-ring (bicyclic) bond motifs is 3. The summed E-state index contributed by atoms with van der Waals surface area (Å²) < 4.78 is 15.4. The number of para-hydroxylation sites is 1. The highest BCUT2D eigenvalue weighted by molar-refractivity contribution is 7.99. The van der Waals surface area contributed by atoms with Crippen LogP contribution in [0.3, 0.4) is 0 Å². The smallest absolute Gasteiger partial charge is 0.123 e. The average Bonchev–Trinajstić information content (AvgIpc) is 3.04. The van der Waals surface area contributed by atoms with Crippen molar-refractivity contribution in [2.75, 3.05) is 0 Å². The van der Waals surface area contributed by atoms with E-state index in [0.29, 0.717) is 0 Å². The van der Waals surface area contributed by atoms with Crippen LogP contribution >= 0.6 is 11.8 Å². The minimum absolute atomic E-state index is 0.213. The van der Waals surface area contributed by atoms with Crippen LogP contribution in [0.2, 0.25) is 0 Å². The van der Waals surface area contributed by atoms with E-state index in [0.717, 1.165) is 21.0 Å². The molecule has 2 nitrogen and oxygen atoms in total. The quantitative estimate of drug-likeness (QED) is 0.362. The van der Waals surface area contributed by atoms with Crippen molar-refractivity contribution in [1.29, 1.82) is 0 Å². The summed E-state index contributed by atoms with van der Waals surface area (Å²) in [6.45, 7) is 0. The average molecular weight is 370 g/mol. The molecule has 0 N–H and O–H groups in total. The van der Waals surface area contributed by atoms with E-state index in [2.05, 4.69) is 52.0 Å². The molecule has 2 heterocycles. The summed E-state index contributed by atoms with van der Waals surface area (Å²) in [5.74, 6) is -0.213. The second-order valence-electron chi connectivity index (χ2n) is 6.29. The Morgan fingerprint density at radius 3 is 2.22 bits per heavy atom. The van der Waals surface area contributed by atoms with Gasteiger partial charge in [-0.25, -0.2) is 4.39 Å². The van der Waals surface area contributed by atoms with Gasteiger partial charge in [0.1, 0.15) is 5.82 Å². The van der Waals surface area contributed by atoms with Gasteiger partial charge in [-0.15, -0.1) is 0 Å². The van der Waals surface area contributed by atoms with Gasteiger partial charge in [-0.3, -0.25) is 4.98 Å². The summed E-state index contributed by atoms with van der Waals surface area (Å²) >= 11 is 1.64. The first kappa shape index (κ1) is 16.1. The minimum atomic E-state index is -0.213. The number of nitrogens with zero attached hydrogens (tertiary/aromatic N) is 2. The van der Waals surface area contributed by atoms with Crippen LogP contribution in [0.1, 0.15) is 0 Å². The van der Waals surface area contributed by atoms with Crippen LogP contribution in [0.4, 0.5) is 4.39 Å². The van der Waals surface area contributed by atoms with Gasteiger partial charge in [0.2, 0.25) is 0 Å². The van der Waals surface area contributed by atoms with Crippen molar-refractivity contribution in [2.45, 2.75) is 9.79 Å². The Morgan fingerprint density at radius 2 is 1.41 bits per heavy atom. The van der Waals surface area contributed by atoms with Gasteiger partial charge in [-0.1, -0.05) is 30.0 Å². The van der Waals surface area contributed by atoms with Crippen LogP contribution in [0.25, 0.3) is 27.5 Å². The molecule has 130 valence electrons. The highest BCUT2D eigenvalue weighted by Crippen LogP contribution is 2.36. The SMILES string of the molecule is Fc1ccc(Sc2ccc3c(c2)c2ccccc2n3-c2ccncc2)cc1. The van der Waals surface area contributed by atoms with Crippen LogP contribution in [-0.2, 0) is 0 Å². The number of hydrogen-bond acceptors (Lipinski definition) is 2. The van der Waals surface area contributed by atoms with Crippen LogP contribution in [0.5, 0.6) is 0 Å². The Kier molecular flexibility index (Phi) is 3.91. The molecule has 5 rings (SSSR count). The standard InChI is InChI=1S/C23H15FN2S/c24-16-5-7-18(8-6-16)27-19-9-10-23-21(15-19)20-3-1-2-4-22(20)26(23)17-11-13-25-14-12-17/h1-15H. The van der Waals surface area contributed by atoms with Gasteiger partial charge in [0, 0.05) is 38.6 Å². The lowest BCUT2D eigenvalue weighted by Gasteiger charge is -2.07. The van der Waals surface area contributed by atoms with Gasteiger partial charge in [-0.2, -0.15) is 0 Å². The third-order valence-electron chi connectivity index (χ3n) is 4.61. The molecule has 5 aromatic rings. The first-order valence-electron chi connectivity index (χ1n) is 8.67. The van der Waals surface area contributed by atoms with E-state index in [9.17, 15) is 4.39 Å². The Labute approximate surface area is 160 Å². The van der Waals surface area contributed by atoms with Crippen molar-refractivity contribution in [3.8, 4) is 5.69 Å². The molecule has 0 saturated carbocycles. The van der Waals surface area contributed by atoms with E-state index in [1.54, 1.807) is 11.8 Å². The second kappa shape index (κ2) is 6.56. The zero-order valence-corrected chi connectivity index (χ0v) is 15.2. The van der Waals surface area contributed by atoms with Gasteiger partial charge in [0.15, 0.2) is 0 Å². The molecule has 0 fully saturated rings. The fourth-order valence-electron chi connectivity index (χ4n) is 3.43. The summed E-state index contributed by atoms with van der Waals surface area (Å²) in [6, 6.07) is 25.6. The van der Waals surface area contributed by atoms with Gasteiger partial charge < -0.3 is 4.57 Å². The van der Waals surface area contributed by atoms with Crippen LogP contribution in [-0.4, -0.2) is 9.55 Å². The predicted molar refractivity (Wildman–Crippen MR) is 109 cm³/mol. The molecule has 3 aromatic carbocycles. The Bertz CT molecular complexity index is 1240. The van der Waals surface area contributed by atoms with Gasteiger partial charge in [-0.05, 0) is 60.7 Å². The molecular formula is C23H15FN2S. The van der Waals surface area contributed by atoms with Gasteiger partial charge in [0.05, 0.1) is 11.0 Å². The lowest BCUT2D eigenvalue weighted by atomic mass is 10.1. The van der Waals surface area contributed by atoms with E-state index >= 15 is 0 Å². The fourth-order valence-corrected chi connectivity index (χ4v) is 4.28. The zero-order chi connectivity index (χ0) is 18.2. The minimum Gasteiger partial charge on any atom is -0.309 e. The molecule has 2 aromatic heterocycles. The molecule has 0 saturated heterocycles. The number of benzene rings is 3. The first-order chi connectivity index (χ1) is 13.3. The van der Waals surface area contributed by atoms with E-state index in [1.807, 2.05) is 36.7 Å². The third kappa shape index (κ3) is 2.88. The van der Waals surface area contributed by atoms with Gasteiger partial charge >= 0.3 is 0 Å². The maximum Gasteiger partial charge on any atom is 0.123 e. The monoisotopic (exact) mass is 370 g/mol. The number of hydrogen-bond donors (Lipinski definition) is 0. The lowest BCUT2D eigenvalue weighted by Crippen LogP contribution is -1.93. The molecule has 4 heteroatoms. The molecule has 0 atom stereocenters. The van der Waals surface area contributed by atoms with Crippen molar-refractivity contribution in [3.05, 3.63) is 97.1 Å². The number of rotatable bonds is 3. The zero-order valence-electron chi connectivity index (χ0n) is 14.3. The molecule has 0 aliphatic carbocycles. The van der Waals surface area contributed by atoms with E-state index < -0.39 is 0 Å². The Hall–Kier alpha value is -3.11. The molecule has 27 heavy (non-hydrogen) atoms. The second-order valence-corrected chi connectivity index (χ2v) is 7.44. The molecule has 0 aliphatic heterocycles. The number of halogens is 1. The van der Waals surface area contributed by atoms with Crippen LogP contribution in [0.15, 0.2) is 101 Å². The summed E-state index contributed by atoms with van der Waals surface area (Å²) in [6.07, 6.45) is 3.63. The largest absolute Gasteiger partial charge is 0.309 e. The van der Waals surface area contributed by atoms with Crippen molar-refractivity contribution >= 4 is 33.6 Å². The van der Waals surface area contributed by atoms with Gasteiger partial charge in [0.25, 0.3) is 0 Å². The van der Waals surface area contributed by atoms with E-state index in [1.165, 1.54) is 28.4 Å². The molecule has 0 unspecified atom stereocenters. The topological polar surface area (TPSA) is 17.8 Å². The third-order valence-corrected chi connectivity index (χ3v) is 5.61. The molecule has 0 amide bonds. The predicted octanol–water partition coefficient (Wildman–Crippen LogP) is 6.47. The van der Waals surface area contributed by atoms with Crippen molar-refractivity contribution in [2.24, 2.45) is 0 Å².